The Kier molecular flexibility index (Phi) is 2.16. The minimum atomic E-state index is 0.337. The number of aliphatic hydroxyl groups excluding tert-OH is 1. The summed E-state index contributed by atoms with van der Waals surface area (Å²) in [6, 6.07) is 2.26. The number of aliphatic hydroxyl groups is 1. The first-order valence-electron chi connectivity index (χ1n) is 4.99. The van der Waals surface area contributed by atoms with Gasteiger partial charge in [-0.15, -0.1) is 0 Å². The van der Waals surface area contributed by atoms with Crippen molar-refractivity contribution in [2.24, 2.45) is 5.92 Å². The van der Waals surface area contributed by atoms with Gasteiger partial charge in [0.1, 0.15) is 0 Å². The summed E-state index contributed by atoms with van der Waals surface area (Å²) in [4.78, 5) is 0. The summed E-state index contributed by atoms with van der Waals surface area (Å²) in [5.74, 6) is 0.487. The summed E-state index contributed by atoms with van der Waals surface area (Å²) in [5, 5.41) is 9.08. The van der Waals surface area contributed by atoms with Gasteiger partial charge < -0.3 is 9.67 Å². The molecule has 1 aliphatic rings. The molecule has 1 aromatic rings. The lowest BCUT2D eigenvalue weighted by Crippen LogP contribution is -2.21. The Morgan fingerprint density at radius 1 is 1.54 bits per heavy atom. The number of aryl methyl sites for hydroxylation is 1. The first-order chi connectivity index (χ1) is 6.22. The fraction of sp³-hybridized carbons (Fsp3) is 0.636. The van der Waals surface area contributed by atoms with Gasteiger partial charge >= 0.3 is 0 Å². The molecule has 0 bridgehead atoms. The summed E-state index contributed by atoms with van der Waals surface area (Å²) in [6.45, 7) is 5.76. The van der Waals surface area contributed by atoms with Crippen molar-refractivity contribution < 1.29 is 5.11 Å². The molecule has 2 heterocycles. The highest BCUT2D eigenvalue weighted by molar-refractivity contribution is 5.27. The molecule has 1 unspecified atom stereocenters. The minimum absolute atomic E-state index is 0.337. The van der Waals surface area contributed by atoms with Crippen LogP contribution in [0.3, 0.4) is 0 Å². The van der Waals surface area contributed by atoms with Crippen molar-refractivity contribution in [1.82, 2.24) is 4.57 Å². The first-order valence-corrected chi connectivity index (χ1v) is 4.99. The monoisotopic (exact) mass is 179 g/mol. The molecule has 0 saturated carbocycles. The maximum absolute atomic E-state index is 9.08. The highest BCUT2D eigenvalue weighted by Gasteiger charge is 2.19. The Morgan fingerprint density at radius 3 is 3.00 bits per heavy atom. The first kappa shape index (κ1) is 8.82. The van der Waals surface area contributed by atoms with Crippen LogP contribution in [0.1, 0.15) is 23.4 Å². The maximum atomic E-state index is 9.08. The molecule has 0 aliphatic carbocycles. The highest BCUT2D eigenvalue weighted by atomic mass is 16.3. The number of rotatable bonds is 1. The summed E-state index contributed by atoms with van der Waals surface area (Å²) in [5.41, 5.74) is 4.18. The van der Waals surface area contributed by atoms with Crippen LogP contribution in [-0.2, 0) is 13.0 Å². The second-order valence-electron chi connectivity index (χ2n) is 4.10. The van der Waals surface area contributed by atoms with Crippen molar-refractivity contribution >= 4 is 0 Å². The van der Waals surface area contributed by atoms with E-state index in [2.05, 4.69) is 24.5 Å². The molecule has 0 aromatic carbocycles. The standard InChI is InChI=1S/C11H17NO/c1-8-5-11-6-10(7-13)3-4-12(11)9(8)2/h5,10,13H,3-4,6-7H2,1-2H3. The zero-order valence-electron chi connectivity index (χ0n) is 8.38. The second-order valence-corrected chi connectivity index (χ2v) is 4.10. The molecular formula is C11H17NO. The lowest BCUT2D eigenvalue weighted by molar-refractivity contribution is 0.200. The van der Waals surface area contributed by atoms with Crippen molar-refractivity contribution in [3.8, 4) is 0 Å². The third-order valence-corrected chi connectivity index (χ3v) is 3.22. The number of hydrogen-bond acceptors (Lipinski definition) is 1. The van der Waals surface area contributed by atoms with E-state index in [-0.39, 0.29) is 0 Å². The van der Waals surface area contributed by atoms with Gasteiger partial charge in [0, 0.05) is 24.5 Å². The lowest BCUT2D eigenvalue weighted by atomic mass is 9.97. The Balaban J connectivity index is 2.31. The van der Waals surface area contributed by atoms with Crippen LogP contribution in [0, 0.1) is 19.8 Å². The lowest BCUT2D eigenvalue weighted by Gasteiger charge is -2.23. The molecule has 13 heavy (non-hydrogen) atoms. The van der Waals surface area contributed by atoms with Gasteiger partial charge in [0.05, 0.1) is 0 Å². The molecule has 72 valence electrons. The molecule has 2 rings (SSSR count). The Bertz CT molecular complexity index is 314. The van der Waals surface area contributed by atoms with Gasteiger partial charge in [0.25, 0.3) is 0 Å². The van der Waals surface area contributed by atoms with Crippen molar-refractivity contribution in [2.45, 2.75) is 33.2 Å². The molecule has 2 heteroatoms. The third-order valence-electron chi connectivity index (χ3n) is 3.22. The van der Waals surface area contributed by atoms with E-state index in [1.807, 2.05) is 0 Å². The van der Waals surface area contributed by atoms with Crippen molar-refractivity contribution in [1.29, 1.82) is 0 Å². The van der Waals surface area contributed by atoms with E-state index in [0.29, 0.717) is 12.5 Å². The molecule has 0 amide bonds. The van der Waals surface area contributed by atoms with E-state index >= 15 is 0 Å². The van der Waals surface area contributed by atoms with Crippen LogP contribution in [0.25, 0.3) is 0 Å². The number of nitrogens with zero attached hydrogens (tertiary/aromatic N) is 1. The normalized spacial score (nSPS) is 21.6. The molecule has 1 aromatic heterocycles. The topological polar surface area (TPSA) is 25.2 Å². The fourth-order valence-electron chi connectivity index (χ4n) is 2.21. The molecule has 0 saturated heterocycles. The second kappa shape index (κ2) is 3.18. The van der Waals surface area contributed by atoms with Gasteiger partial charge in [-0.25, -0.2) is 0 Å². The zero-order chi connectivity index (χ0) is 9.42. The van der Waals surface area contributed by atoms with Crippen molar-refractivity contribution in [2.75, 3.05) is 6.61 Å². The van der Waals surface area contributed by atoms with Crippen LogP contribution in [-0.4, -0.2) is 16.3 Å². The highest BCUT2D eigenvalue weighted by Crippen LogP contribution is 2.24. The Morgan fingerprint density at radius 2 is 2.31 bits per heavy atom. The fourth-order valence-corrected chi connectivity index (χ4v) is 2.21. The minimum Gasteiger partial charge on any atom is -0.396 e. The van der Waals surface area contributed by atoms with Crippen molar-refractivity contribution in [3.63, 3.8) is 0 Å². The van der Waals surface area contributed by atoms with Gasteiger partial charge in [-0.05, 0) is 44.2 Å². The Labute approximate surface area is 79.2 Å². The molecule has 1 aliphatic heterocycles. The third kappa shape index (κ3) is 1.39. The van der Waals surface area contributed by atoms with Gasteiger partial charge in [0.2, 0.25) is 0 Å². The number of aromatic nitrogens is 1. The largest absolute Gasteiger partial charge is 0.396 e. The average molecular weight is 179 g/mol. The van der Waals surface area contributed by atoms with Crippen molar-refractivity contribution in [3.05, 3.63) is 23.0 Å². The molecule has 2 nitrogen and oxygen atoms in total. The summed E-state index contributed by atoms with van der Waals surface area (Å²) in [6.07, 6.45) is 2.17. The average Bonchev–Trinajstić information content (AvgIpc) is 2.42. The van der Waals surface area contributed by atoms with Gasteiger partial charge in [-0.1, -0.05) is 0 Å². The van der Waals surface area contributed by atoms with E-state index in [1.54, 1.807) is 0 Å². The van der Waals surface area contributed by atoms with E-state index in [9.17, 15) is 0 Å². The van der Waals surface area contributed by atoms with E-state index in [1.165, 1.54) is 17.0 Å². The van der Waals surface area contributed by atoms with Crippen LogP contribution in [0.2, 0.25) is 0 Å². The number of fused-ring (bicyclic) bond motifs is 1. The summed E-state index contributed by atoms with van der Waals surface area (Å²) in [7, 11) is 0. The van der Waals surface area contributed by atoms with Gasteiger partial charge in [-0.3, -0.25) is 0 Å². The van der Waals surface area contributed by atoms with E-state index < -0.39 is 0 Å². The Hall–Kier alpha value is -0.760. The molecule has 1 atom stereocenters. The SMILES string of the molecule is Cc1cc2n(c1C)CCC(CO)C2. The van der Waals surface area contributed by atoms with Crippen LogP contribution >= 0.6 is 0 Å². The van der Waals surface area contributed by atoms with Crippen LogP contribution in [0.4, 0.5) is 0 Å². The predicted molar refractivity (Wildman–Crippen MR) is 52.8 cm³/mol. The predicted octanol–water partition coefficient (Wildman–Crippen LogP) is 1.66. The summed E-state index contributed by atoms with van der Waals surface area (Å²) >= 11 is 0. The molecule has 0 spiro atoms. The van der Waals surface area contributed by atoms with Crippen LogP contribution in [0.15, 0.2) is 6.07 Å². The zero-order valence-corrected chi connectivity index (χ0v) is 8.38. The quantitative estimate of drug-likeness (QED) is 0.697. The van der Waals surface area contributed by atoms with E-state index in [0.717, 1.165) is 19.4 Å². The molecular weight excluding hydrogens is 162 g/mol. The maximum Gasteiger partial charge on any atom is 0.0463 e. The van der Waals surface area contributed by atoms with Gasteiger partial charge in [-0.2, -0.15) is 0 Å². The molecule has 1 N–H and O–H groups in total. The number of hydrogen-bond donors (Lipinski definition) is 1. The summed E-state index contributed by atoms with van der Waals surface area (Å²) < 4.78 is 2.39. The molecule has 0 radical (unpaired) electrons. The van der Waals surface area contributed by atoms with E-state index in [4.69, 9.17) is 5.11 Å². The van der Waals surface area contributed by atoms with Crippen LogP contribution in [0.5, 0.6) is 0 Å². The van der Waals surface area contributed by atoms with Gasteiger partial charge in [0.15, 0.2) is 0 Å². The van der Waals surface area contributed by atoms with Crippen LogP contribution < -0.4 is 0 Å². The molecule has 0 fully saturated rings. The smallest absolute Gasteiger partial charge is 0.0463 e.